The molecule has 0 aliphatic carbocycles. The molecule has 6 heteroatoms. The van der Waals surface area contributed by atoms with E-state index in [1.807, 2.05) is 39.8 Å². The van der Waals surface area contributed by atoms with E-state index < -0.39 is 10.0 Å². The second-order valence-corrected chi connectivity index (χ2v) is 9.25. The van der Waals surface area contributed by atoms with E-state index in [2.05, 4.69) is 10.8 Å². The topological polar surface area (TPSA) is 66.5 Å². The van der Waals surface area contributed by atoms with Crippen LogP contribution < -0.4 is 9.62 Å². The van der Waals surface area contributed by atoms with E-state index in [-0.39, 0.29) is 16.8 Å². The molecule has 1 aliphatic heterocycles. The summed E-state index contributed by atoms with van der Waals surface area (Å²) in [6, 6.07) is 10.8. The molecule has 1 aliphatic rings. The monoisotopic (exact) mass is 400 g/mol. The van der Waals surface area contributed by atoms with Gasteiger partial charge in [0, 0.05) is 24.7 Å². The summed E-state index contributed by atoms with van der Waals surface area (Å²) in [7, 11) is -3.68. The van der Waals surface area contributed by atoms with Crippen molar-refractivity contribution < 1.29 is 13.2 Å². The summed E-state index contributed by atoms with van der Waals surface area (Å²) in [6.45, 7) is 8.54. The first kappa shape index (κ1) is 20.6. The predicted octanol–water partition coefficient (Wildman–Crippen LogP) is 4.17. The third-order valence-electron chi connectivity index (χ3n) is 5.35. The van der Waals surface area contributed by atoms with Crippen LogP contribution in [0.1, 0.15) is 54.5 Å². The van der Waals surface area contributed by atoms with Crippen LogP contribution in [0.3, 0.4) is 0 Å². The molecule has 0 saturated carbocycles. The minimum absolute atomic E-state index is 0.0951. The molecule has 150 valence electrons. The summed E-state index contributed by atoms with van der Waals surface area (Å²) in [6.07, 6.45) is 2.05. The van der Waals surface area contributed by atoms with Gasteiger partial charge in [-0.25, -0.2) is 13.1 Å². The number of aryl methyl sites for hydroxylation is 3. The van der Waals surface area contributed by atoms with E-state index in [0.717, 1.165) is 34.4 Å². The molecule has 0 radical (unpaired) electrons. The van der Waals surface area contributed by atoms with Crippen LogP contribution in [0, 0.1) is 20.8 Å². The van der Waals surface area contributed by atoms with E-state index >= 15 is 0 Å². The molecule has 0 bridgehead atoms. The average molecular weight is 401 g/mol. The van der Waals surface area contributed by atoms with Gasteiger partial charge in [-0.05, 0) is 68.5 Å². The first-order valence-electron chi connectivity index (χ1n) is 9.73. The number of hydrogen-bond donors (Lipinski definition) is 1. The first-order valence-corrected chi connectivity index (χ1v) is 11.2. The molecule has 0 aromatic heterocycles. The summed E-state index contributed by atoms with van der Waals surface area (Å²) in [5.74, 6) is 0.0951. The Kier molecular flexibility index (Phi) is 5.91. The molecule has 1 saturated heterocycles. The second kappa shape index (κ2) is 8.05. The Balaban J connectivity index is 1.87. The van der Waals surface area contributed by atoms with Gasteiger partial charge in [-0.15, -0.1) is 0 Å². The van der Waals surface area contributed by atoms with E-state index in [9.17, 15) is 13.2 Å². The van der Waals surface area contributed by atoms with E-state index in [1.165, 1.54) is 0 Å². The van der Waals surface area contributed by atoms with Crippen LogP contribution in [-0.4, -0.2) is 20.9 Å². The normalized spacial score (nSPS) is 15.9. The lowest BCUT2D eigenvalue weighted by Gasteiger charge is -2.22. The predicted molar refractivity (Wildman–Crippen MR) is 112 cm³/mol. The summed E-state index contributed by atoms with van der Waals surface area (Å²) in [4.78, 5) is 14.0. The number of sulfonamides is 1. The van der Waals surface area contributed by atoms with Crippen molar-refractivity contribution >= 4 is 21.6 Å². The number of nitrogens with one attached hydrogen (secondary N) is 1. The highest BCUT2D eigenvalue weighted by Gasteiger charge is 2.25. The van der Waals surface area contributed by atoms with Crippen LogP contribution in [-0.2, 0) is 14.8 Å². The lowest BCUT2D eigenvalue weighted by Crippen LogP contribution is -2.29. The minimum Gasteiger partial charge on any atom is -0.312 e. The van der Waals surface area contributed by atoms with E-state index in [4.69, 9.17) is 0 Å². The number of carbonyl (C=O) groups excluding carboxylic acids is 1. The van der Waals surface area contributed by atoms with Crippen molar-refractivity contribution in [2.24, 2.45) is 0 Å². The van der Waals surface area contributed by atoms with Crippen LogP contribution in [0.2, 0.25) is 0 Å². The SMILES string of the molecule is CC[C@H](NS(=O)(=O)c1ccc(N2CCCC2=O)c(C)c1)c1ccc(C)cc1C. The molecule has 1 N–H and O–H groups in total. The Morgan fingerprint density at radius 1 is 1.07 bits per heavy atom. The van der Waals surface area contributed by atoms with Gasteiger partial charge < -0.3 is 4.90 Å². The summed E-state index contributed by atoms with van der Waals surface area (Å²) >= 11 is 0. The molecule has 1 amide bonds. The standard InChI is InChI=1S/C22H28N2O3S/c1-5-20(19-10-8-15(2)13-16(19)3)23-28(26,27)18-9-11-21(17(4)14-18)24-12-6-7-22(24)25/h8-11,13-14,20,23H,5-7,12H2,1-4H3/t20-/m0/s1. The summed E-state index contributed by atoms with van der Waals surface area (Å²) < 4.78 is 28.9. The van der Waals surface area contributed by atoms with Crippen molar-refractivity contribution in [2.75, 3.05) is 11.4 Å². The van der Waals surface area contributed by atoms with Crippen molar-refractivity contribution in [1.82, 2.24) is 4.72 Å². The highest BCUT2D eigenvalue weighted by Crippen LogP contribution is 2.29. The zero-order valence-electron chi connectivity index (χ0n) is 17.0. The van der Waals surface area contributed by atoms with Gasteiger partial charge in [-0.3, -0.25) is 4.79 Å². The van der Waals surface area contributed by atoms with Crippen molar-refractivity contribution in [3.63, 3.8) is 0 Å². The lowest BCUT2D eigenvalue weighted by atomic mass is 9.98. The molecule has 2 aromatic carbocycles. The minimum atomic E-state index is -3.68. The van der Waals surface area contributed by atoms with Crippen LogP contribution >= 0.6 is 0 Å². The van der Waals surface area contributed by atoms with Gasteiger partial charge in [0.15, 0.2) is 0 Å². The van der Waals surface area contributed by atoms with Gasteiger partial charge in [-0.1, -0.05) is 30.7 Å². The number of rotatable bonds is 6. The van der Waals surface area contributed by atoms with Crippen molar-refractivity contribution in [3.05, 3.63) is 58.7 Å². The fourth-order valence-corrected chi connectivity index (χ4v) is 5.22. The average Bonchev–Trinajstić information content (AvgIpc) is 3.06. The van der Waals surface area contributed by atoms with Gasteiger partial charge >= 0.3 is 0 Å². The number of benzene rings is 2. The Labute approximate surface area is 167 Å². The fraction of sp³-hybridized carbons (Fsp3) is 0.409. The van der Waals surface area contributed by atoms with Crippen LogP contribution in [0.25, 0.3) is 0 Å². The smallest absolute Gasteiger partial charge is 0.241 e. The van der Waals surface area contributed by atoms with Crippen molar-refractivity contribution in [2.45, 2.75) is 57.9 Å². The van der Waals surface area contributed by atoms with Crippen LogP contribution in [0.15, 0.2) is 41.3 Å². The highest BCUT2D eigenvalue weighted by atomic mass is 32.2. The number of anilines is 1. The maximum absolute atomic E-state index is 13.0. The number of nitrogens with zero attached hydrogens (tertiary/aromatic N) is 1. The van der Waals surface area contributed by atoms with Crippen LogP contribution in [0.5, 0.6) is 0 Å². The number of amides is 1. The molecule has 0 unspecified atom stereocenters. The van der Waals surface area contributed by atoms with Gasteiger partial charge in [-0.2, -0.15) is 0 Å². The molecule has 1 atom stereocenters. The van der Waals surface area contributed by atoms with Gasteiger partial charge in [0.2, 0.25) is 15.9 Å². The third-order valence-corrected chi connectivity index (χ3v) is 6.82. The molecular weight excluding hydrogens is 372 g/mol. The van der Waals surface area contributed by atoms with Crippen molar-refractivity contribution in [3.8, 4) is 0 Å². The molecule has 1 fully saturated rings. The van der Waals surface area contributed by atoms with E-state index in [1.54, 1.807) is 23.1 Å². The second-order valence-electron chi connectivity index (χ2n) is 7.54. The highest BCUT2D eigenvalue weighted by molar-refractivity contribution is 7.89. The molecule has 0 spiro atoms. The molecule has 5 nitrogen and oxygen atoms in total. The Morgan fingerprint density at radius 3 is 2.39 bits per heavy atom. The maximum atomic E-state index is 13.0. The quantitative estimate of drug-likeness (QED) is 0.791. The van der Waals surface area contributed by atoms with Gasteiger partial charge in [0.05, 0.1) is 4.90 Å². The Hall–Kier alpha value is -2.18. The third kappa shape index (κ3) is 4.13. The van der Waals surface area contributed by atoms with Gasteiger partial charge in [0.25, 0.3) is 0 Å². The van der Waals surface area contributed by atoms with Gasteiger partial charge in [0.1, 0.15) is 0 Å². The maximum Gasteiger partial charge on any atom is 0.241 e. The molecule has 3 rings (SSSR count). The zero-order chi connectivity index (χ0) is 20.5. The Bertz CT molecular complexity index is 999. The zero-order valence-corrected chi connectivity index (χ0v) is 17.8. The molecule has 2 aromatic rings. The number of carbonyl (C=O) groups is 1. The summed E-state index contributed by atoms with van der Waals surface area (Å²) in [5.41, 5.74) is 4.81. The summed E-state index contributed by atoms with van der Waals surface area (Å²) in [5, 5.41) is 0. The number of hydrogen-bond acceptors (Lipinski definition) is 3. The molecule has 1 heterocycles. The first-order chi connectivity index (χ1) is 13.2. The molecular formula is C22H28N2O3S. The van der Waals surface area contributed by atoms with Crippen LogP contribution in [0.4, 0.5) is 5.69 Å². The lowest BCUT2D eigenvalue weighted by molar-refractivity contribution is -0.117. The van der Waals surface area contributed by atoms with Crippen molar-refractivity contribution in [1.29, 1.82) is 0 Å². The Morgan fingerprint density at radius 2 is 1.82 bits per heavy atom. The van der Waals surface area contributed by atoms with E-state index in [0.29, 0.717) is 19.4 Å². The molecule has 28 heavy (non-hydrogen) atoms. The fourth-order valence-electron chi connectivity index (χ4n) is 3.84. The largest absolute Gasteiger partial charge is 0.312 e.